The van der Waals surface area contributed by atoms with E-state index in [0.717, 1.165) is 5.92 Å². The van der Waals surface area contributed by atoms with Crippen molar-refractivity contribution in [3.8, 4) is 6.07 Å². The topological polar surface area (TPSA) is 56.1 Å². The molecule has 5 heteroatoms. The summed E-state index contributed by atoms with van der Waals surface area (Å²) in [5, 5.41) is 12.6. The minimum atomic E-state index is -0.0562. The number of nitrogens with one attached hydrogen (secondary N) is 1. The van der Waals surface area contributed by atoms with Gasteiger partial charge in [0.05, 0.1) is 17.8 Å². The van der Waals surface area contributed by atoms with Crippen molar-refractivity contribution in [3.05, 3.63) is 28.8 Å². The summed E-state index contributed by atoms with van der Waals surface area (Å²) in [6.45, 7) is 2.72. The number of rotatable bonds is 5. The van der Waals surface area contributed by atoms with Crippen LogP contribution in [-0.2, 0) is 4.79 Å². The SMILES string of the molecule is CC1CCC(N(CC(=O)Nc2cc(Cl)ccc2C#N)C2CC2)CC1. The van der Waals surface area contributed by atoms with E-state index in [1.807, 2.05) is 0 Å². The van der Waals surface area contributed by atoms with Crippen molar-refractivity contribution in [1.29, 1.82) is 5.26 Å². The number of amides is 1. The summed E-state index contributed by atoms with van der Waals surface area (Å²) in [5.74, 6) is 0.750. The summed E-state index contributed by atoms with van der Waals surface area (Å²) in [6, 6.07) is 8.12. The molecule has 0 saturated heterocycles. The molecule has 2 saturated carbocycles. The maximum Gasteiger partial charge on any atom is 0.238 e. The summed E-state index contributed by atoms with van der Waals surface area (Å²) in [6.07, 6.45) is 7.27. The smallest absolute Gasteiger partial charge is 0.238 e. The lowest BCUT2D eigenvalue weighted by Crippen LogP contribution is -2.44. The van der Waals surface area contributed by atoms with Crippen molar-refractivity contribution < 1.29 is 4.79 Å². The Kier molecular flexibility index (Phi) is 5.43. The van der Waals surface area contributed by atoms with E-state index < -0.39 is 0 Å². The van der Waals surface area contributed by atoms with Crippen LogP contribution < -0.4 is 5.32 Å². The van der Waals surface area contributed by atoms with Gasteiger partial charge in [0.15, 0.2) is 0 Å². The molecule has 2 fully saturated rings. The van der Waals surface area contributed by atoms with Crippen LogP contribution in [0.2, 0.25) is 5.02 Å². The van der Waals surface area contributed by atoms with E-state index in [1.165, 1.54) is 38.5 Å². The monoisotopic (exact) mass is 345 g/mol. The molecule has 2 aliphatic rings. The molecule has 1 N–H and O–H groups in total. The zero-order valence-electron chi connectivity index (χ0n) is 14.1. The van der Waals surface area contributed by atoms with Gasteiger partial charge in [-0.1, -0.05) is 18.5 Å². The number of hydrogen-bond acceptors (Lipinski definition) is 3. The van der Waals surface area contributed by atoms with Gasteiger partial charge < -0.3 is 5.32 Å². The van der Waals surface area contributed by atoms with Crippen LogP contribution in [0.1, 0.15) is 51.0 Å². The number of benzene rings is 1. The molecule has 1 aromatic carbocycles. The maximum atomic E-state index is 12.5. The number of nitrogens with zero attached hydrogens (tertiary/aromatic N) is 2. The Labute approximate surface area is 148 Å². The third-order valence-electron chi connectivity index (χ3n) is 5.17. The van der Waals surface area contributed by atoms with E-state index >= 15 is 0 Å². The molecule has 0 heterocycles. The molecule has 0 aliphatic heterocycles. The lowest BCUT2D eigenvalue weighted by Gasteiger charge is -2.36. The second-order valence-electron chi connectivity index (χ2n) is 7.17. The van der Waals surface area contributed by atoms with E-state index in [2.05, 4.69) is 23.2 Å². The van der Waals surface area contributed by atoms with Crippen LogP contribution in [0.3, 0.4) is 0 Å². The fourth-order valence-electron chi connectivity index (χ4n) is 3.61. The Bertz CT molecular complexity index is 643. The number of hydrogen-bond donors (Lipinski definition) is 1. The molecular formula is C19H24ClN3O. The first-order valence-electron chi connectivity index (χ1n) is 8.82. The molecule has 0 atom stereocenters. The second kappa shape index (κ2) is 7.55. The Hall–Kier alpha value is -1.57. The average Bonchev–Trinajstić information content (AvgIpc) is 3.39. The molecule has 0 aromatic heterocycles. The van der Waals surface area contributed by atoms with Gasteiger partial charge in [-0.2, -0.15) is 5.26 Å². The minimum absolute atomic E-state index is 0.0562. The van der Waals surface area contributed by atoms with E-state index in [1.54, 1.807) is 18.2 Å². The lowest BCUT2D eigenvalue weighted by molar-refractivity contribution is -0.118. The van der Waals surface area contributed by atoms with Gasteiger partial charge in [-0.05, 0) is 62.6 Å². The first kappa shape index (κ1) is 17.3. The van der Waals surface area contributed by atoms with Gasteiger partial charge in [0.25, 0.3) is 0 Å². The van der Waals surface area contributed by atoms with Gasteiger partial charge in [0.1, 0.15) is 6.07 Å². The average molecular weight is 346 g/mol. The quantitative estimate of drug-likeness (QED) is 0.870. The molecule has 0 radical (unpaired) electrons. The van der Waals surface area contributed by atoms with Crippen molar-refractivity contribution in [1.82, 2.24) is 4.90 Å². The molecule has 1 aromatic rings. The first-order chi connectivity index (χ1) is 11.6. The predicted molar refractivity (Wildman–Crippen MR) is 95.9 cm³/mol. The van der Waals surface area contributed by atoms with Gasteiger partial charge in [0, 0.05) is 17.1 Å². The summed E-state index contributed by atoms with van der Waals surface area (Å²) in [7, 11) is 0. The number of nitriles is 1. The van der Waals surface area contributed by atoms with Crippen LogP contribution in [0.4, 0.5) is 5.69 Å². The molecule has 4 nitrogen and oxygen atoms in total. The highest BCUT2D eigenvalue weighted by molar-refractivity contribution is 6.31. The summed E-state index contributed by atoms with van der Waals surface area (Å²) >= 11 is 5.99. The molecule has 0 bridgehead atoms. The molecule has 3 rings (SSSR count). The molecule has 1 amide bonds. The van der Waals surface area contributed by atoms with E-state index in [9.17, 15) is 10.1 Å². The molecule has 128 valence electrons. The zero-order valence-corrected chi connectivity index (χ0v) is 14.9. The highest BCUT2D eigenvalue weighted by Gasteiger charge is 2.36. The van der Waals surface area contributed by atoms with Crippen LogP contribution in [0.25, 0.3) is 0 Å². The summed E-state index contributed by atoms with van der Waals surface area (Å²) in [5.41, 5.74) is 0.945. The maximum absolute atomic E-state index is 12.5. The molecule has 2 aliphatic carbocycles. The van der Waals surface area contributed by atoms with E-state index in [4.69, 9.17) is 11.6 Å². The van der Waals surface area contributed by atoms with Gasteiger partial charge in [-0.25, -0.2) is 0 Å². The second-order valence-corrected chi connectivity index (χ2v) is 7.60. The normalized spacial score (nSPS) is 23.8. The number of halogens is 1. The third kappa shape index (κ3) is 4.28. The standard InChI is InChI=1S/C19H24ClN3O/c1-13-2-6-16(7-3-13)23(17-8-9-17)12-19(24)22-18-10-15(20)5-4-14(18)11-21/h4-5,10,13,16-17H,2-3,6-9,12H2,1H3,(H,22,24). The van der Waals surface area contributed by atoms with Gasteiger partial charge in [-0.3, -0.25) is 9.69 Å². The van der Waals surface area contributed by atoms with Gasteiger partial charge in [-0.15, -0.1) is 0 Å². The van der Waals surface area contributed by atoms with Crippen LogP contribution in [-0.4, -0.2) is 29.4 Å². The Morgan fingerprint density at radius 3 is 2.46 bits per heavy atom. The van der Waals surface area contributed by atoms with Crippen LogP contribution in [0.5, 0.6) is 0 Å². The van der Waals surface area contributed by atoms with Crippen molar-refractivity contribution in [2.75, 3.05) is 11.9 Å². The molecule has 24 heavy (non-hydrogen) atoms. The molecular weight excluding hydrogens is 322 g/mol. The number of carbonyl (C=O) groups is 1. The Morgan fingerprint density at radius 1 is 1.25 bits per heavy atom. The minimum Gasteiger partial charge on any atom is -0.324 e. The van der Waals surface area contributed by atoms with E-state index in [0.29, 0.717) is 34.9 Å². The van der Waals surface area contributed by atoms with Crippen LogP contribution in [0.15, 0.2) is 18.2 Å². The summed E-state index contributed by atoms with van der Waals surface area (Å²) < 4.78 is 0. The van der Waals surface area contributed by atoms with Crippen molar-refractivity contribution in [2.45, 2.75) is 57.5 Å². The van der Waals surface area contributed by atoms with Crippen LogP contribution >= 0.6 is 11.6 Å². The van der Waals surface area contributed by atoms with Gasteiger partial charge in [0.2, 0.25) is 5.91 Å². The van der Waals surface area contributed by atoms with Crippen molar-refractivity contribution in [3.63, 3.8) is 0 Å². The first-order valence-corrected chi connectivity index (χ1v) is 9.20. The molecule has 0 unspecified atom stereocenters. The predicted octanol–water partition coefficient (Wildman–Crippen LogP) is 4.19. The largest absolute Gasteiger partial charge is 0.324 e. The lowest BCUT2D eigenvalue weighted by atomic mass is 9.86. The summed E-state index contributed by atoms with van der Waals surface area (Å²) in [4.78, 5) is 14.9. The fourth-order valence-corrected chi connectivity index (χ4v) is 3.78. The van der Waals surface area contributed by atoms with Crippen molar-refractivity contribution >= 4 is 23.2 Å². The van der Waals surface area contributed by atoms with Gasteiger partial charge >= 0.3 is 0 Å². The fraction of sp³-hybridized carbons (Fsp3) is 0.579. The third-order valence-corrected chi connectivity index (χ3v) is 5.41. The highest BCUT2D eigenvalue weighted by Crippen LogP contribution is 2.35. The van der Waals surface area contributed by atoms with E-state index in [-0.39, 0.29) is 5.91 Å². The highest BCUT2D eigenvalue weighted by atomic mass is 35.5. The number of carbonyl (C=O) groups excluding carboxylic acids is 1. The number of anilines is 1. The molecule has 0 spiro atoms. The Morgan fingerprint density at radius 2 is 1.88 bits per heavy atom. The Balaban J connectivity index is 1.64. The van der Waals surface area contributed by atoms with Crippen LogP contribution in [0, 0.1) is 17.2 Å². The zero-order chi connectivity index (χ0) is 17.1. The van der Waals surface area contributed by atoms with Crippen molar-refractivity contribution in [2.24, 2.45) is 5.92 Å².